The molecular formula is C15H15N3O3. The van der Waals surface area contributed by atoms with Crippen LogP contribution in [0.2, 0.25) is 0 Å². The molecule has 1 saturated carbocycles. The number of hydrazone groups is 1. The number of hydrogen-bond donors (Lipinski definition) is 1. The van der Waals surface area contributed by atoms with E-state index in [-0.39, 0.29) is 5.69 Å². The zero-order valence-electron chi connectivity index (χ0n) is 11.5. The van der Waals surface area contributed by atoms with Gasteiger partial charge >= 0.3 is 0 Å². The number of benzene rings is 1. The van der Waals surface area contributed by atoms with Gasteiger partial charge in [-0.15, -0.1) is 0 Å². The zero-order valence-corrected chi connectivity index (χ0v) is 11.5. The number of nitro groups is 1. The minimum atomic E-state index is -0.447. The van der Waals surface area contributed by atoms with Crippen LogP contribution in [0.1, 0.15) is 30.8 Å². The van der Waals surface area contributed by atoms with E-state index >= 15 is 0 Å². The minimum absolute atomic E-state index is 0.0124. The molecule has 1 fully saturated rings. The Morgan fingerprint density at radius 3 is 2.86 bits per heavy atom. The molecule has 0 saturated heterocycles. The Labute approximate surface area is 121 Å². The monoisotopic (exact) mass is 285 g/mol. The summed E-state index contributed by atoms with van der Waals surface area (Å²) in [5.41, 5.74) is 3.01. The Hall–Kier alpha value is -2.63. The van der Waals surface area contributed by atoms with E-state index in [1.54, 1.807) is 18.2 Å². The summed E-state index contributed by atoms with van der Waals surface area (Å²) in [6.45, 7) is 2.19. The molecule has 3 rings (SSSR count). The van der Waals surface area contributed by atoms with E-state index in [2.05, 4.69) is 17.5 Å². The van der Waals surface area contributed by atoms with E-state index < -0.39 is 4.92 Å². The highest BCUT2D eigenvalue weighted by atomic mass is 16.6. The number of nitrogens with one attached hydrogen (secondary N) is 1. The van der Waals surface area contributed by atoms with Crippen LogP contribution in [-0.4, -0.2) is 11.1 Å². The van der Waals surface area contributed by atoms with Gasteiger partial charge in [0.15, 0.2) is 0 Å². The second kappa shape index (κ2) is 5.40. The Bertz CT molecular complexity index is 693. The highest BCUT2D eigenvalue weighted by Gasteiger charge is 2.36. The average molecular weight is 285 g/mol. The molecule has 1 aromatic carbocycles. The first-order valence-electron chi connectivity index (χ1n) is 6.77. The summed E-state index contributed by atoms with van der Waals surface area (Å²) in [6.07, 6.45) is 2.69. The Morgan fingerprint density at radius 1 is 1.38 bits per heavy atom. The summed E-state index contributed by atoms with van der Waals surface area (Å²) in [5.74, 6) is 2.83. The molecule has 6 nitrogen and oxygen atoms in total. The van der Waals surface area contributed by atoms with Crippen molar-refractivity contribution in [1.29, 1.82) is 0 Å². The molecule has 1 heterocycles. The number of hydrogen-bond acceptors (Lipinski definition) is 5. The first-order chi connectivity index (χ1) is 10.1. The molecule has 0 amide bonds. The topological polar surface area (TPSA) is 80.7 Å². The lowest BCUT2D eigenvalue weighted by atomic mass is 10.3. The SMILES string of the molecule is C[C@@H]1C[C@H]1c1ccc(/C=N\Nc2ccccc2[N+](=O)[O-])o1. The first kappa shape index (κ1) is 13.4. The maximum Gasteiger partial charge on any atom is 0.294 e. The summed E-state index contributed by atoms with van der Waals surface area (Å²) in [4.78, 5) is 10.4. The van der Waals surface area contributed by atoms with Gasteiger partial charge in [0.25, 0.3) is 5.69 Å². The molecule has 2 aromatic rings. The van der Waals surface area contributed by atoms with Gasteiger partial charge in [-0.3, -0.25) is 15.5 Å². The summed E-state index contributed by atoms with van der Waals surface area (Å²) in [7, 11) is 0. The van der Waals surface area contributed by atoms with Gasteiger partial charge in [0.1, 0.15) is 17.2 Å². The van der Waals surface area contributed by atoms with E-state index in [4.69, 9.17) is 4.42 Å². The normalized spacial score (nSPS) is 20.6. The highest BCUT2D eigenvalue weighted by molar-refractivity contribution is 5.77. The van der Waals surface area contributed by atoms with Crippen molar-refractivity contribution in [3.63, 3.8) is 0 Å². The van der Waals surface area contributed by atoms with E-state index in [0.717, 1.165) is 5.76 Å². The summed E-state index contributed by atoms with van der Waals surface area (Å²) in [5, 5.41) is 14.9. The molecule has 0 bridgehead atoms. The Kier molecular flexibility index (Phi) is 3.43. The fourth-order valence-corrected chi connectivity index (χ4v) is 2.25. The summed E-state index contributed by atoms with van der Waals surface area (Å²) < 4.78 is 5.67. The summed E-state index contributed by atoms with van der Waals surface area (Å²) in [6, 6.07) is 10.2. The highest BCUT2D eigenvalue weighted by Crippen LogP contribution is 2.47. The van der Waals surface area contributed by atoms with Gasteiger partial charge in [-0.25, -0.2) is 0 Å². The molecule has 2 atom stereocenters. The number of anilines is 1. The van der Waals surface area contributed by atoms with Crippen molar-refractivity contribution >= 4 is 17.6 Å². The molecule has 1 aliphatic carbocycles. The summed E-state index contributed by atoms with van der Waals surface area (Å²) >= 11 is 0. The van der Waals surface area contributed by atoms with Crippen LogP contribution in [0.4, 0.5) is 11.4 Å². The van der Waals surface area contributed by atoms with Gasteiger partial charge in [-0.2, -0.15) is 5.10 Å². The number of nitrogens with zero attached hydrogens (tertiary/aromatic N) is 2. The predicted molar refractivity (Wildman–Crippen MR) is 79.5 cm³/mol. The van der Waals surface area contributed by atoms with Gasteiger partial charge in [0.2, 0.25) is 0 Å². The third-order valence-corrected chi connectivity index (χ3v) is 3.60. The first-order valence-corrected chi connectivity index (χ1v) is 6.77. The Balaban J connectivity index is 1.67. The third-order valence-electron chi connectivity index (χ3n) is 3.60. The van der Waals surface area contributed by atoms with Crippen LogP contribution in [0, 0.1) is 16.0 Å². The standard InChI is InChI=1S/C15H15N3O3/c1-10-8-12(10)15-7-6-11(21-15)9-16-17-13-4-2-3-5-14(13)18(19)20/h2-7,9-10,12,17H,8H2,1H3/b16-9-/t10-,12-/m1/s1. The van der Waals surface area contributed by atoms with Crippen molar-refractivity contribution in [2.75, 3.05) is 5.43 Å². The molecule has 1 N–H and O–H groups in total. The van der Waals surface area contributed by atoms with Crippen molar-refractivity contribution < 1.29 is 9.34 Å². The lowest BCUT2D eigenvalue weighted by molar-refractivity contribution is -0.384. The molecule has 108 valence electrons. The number of rotatable bonds is 5. The molecule has 0 unspecified atom stereocenters. The molecular weight excluding hydrogens is 270 g/mol. The van der Waals surface area contributed by atoms with Gasteiger partial charge in [-0.05, 0) is 30.5 Å². The maximum atomic E-state index is 10.9. The smallest absolute Gasteiger partial charge is 0.294 e. The number of furan rings is 1. The van der Waals surface area contributed by atoms with Crippen LogP contribution in [0.3, 0.4) is 0 Å². The van der Waals surface area contributed by atoms with Gasteiger partial charge in [0.05, 0.1) is 11.1 Å². The number of nitro benzene ring substituents is 1. The van der Waals surface area contributed by atoms with Crippen LogP contribution in [-0.2, 0) is 0 Å². The van der Waals surface area contributed by atoms with Crippen molar-refractivity contribution in [3.8, 4) is 0 Å². The molecule has 0 aliphatic heterocycles. The molecule has 0 spiro atoms. The van der Waals surface area contributed by atoms with E-state index in [1.165, 1.54) is 18.7 Å². The van der Waals surface area contributed by atoms with Crippen LogP contribution in [0.5, 0.6) is 0 Å². The van der Waals surface area contributed by atoms with Crippen molar-refractivity contribution in [2.45, 2.75) is 19.3 Å². The lowest BCUT2D eigenvalue weighted by Gasteiger charge is -2.00. The minimum Gasteiger partial charge on any atom is -0.460 e. The molecule has 6 heteroatoms. The zero-order chi connectivity index (χ0) is 14.8. The third kappa shape index (κ3) is 2.94. The van der Waals surface area contributed by atoms with Crippen molar-refractivity contribution in [1.82, 2.24) is 0 Å². The number of para-hydroxylation sites is 2. The molecule has 1 aromatic heterocycles. The fourth-order valence-electron chi connectivity index (χ4n) is 2.25. The predicted octanol–water partition coefficient (Wildman–Crippen LogP) is 3.76. The van der Waals surface area contributed by atoms with E-state index in [0.29, 0.717) is 23.3 Å². The van der Waals surface area contributed by atoms with Crippen LogP contribution >= 0.6 is 0 Å². The van der Waals surface area contributed by atoms with Crippen LogP contribution in [0.25, 0.3) is 0 Å². The van der Waals surface area contributed by atoms with E-state index in [9.17, 15) is 10.1 Å². The van der Waals surface area contributed by atoms with Crippen molar-refractivity contribution in [2.24, 2.45) is 11.0 Å². The fraction of sp³-hybridized carbons (Fsp3) is 0.267. The second-order valence-corrected chi connectivity index (χ2v) is 5.20. The Morgan fingerprint density at radius 2 is 2.14 bits per heavy atom. The second-order valence-electron chi connectivity index (χ2n) is 5.20. The van der Waals surface area contributed by atoms with E-state index in [1.807, 2.05) is 12.1 Å². The average Bonchev–Trinajstić information content (AvgIpc) is 3.01. The van der Waals surface area contributed by atoms with Gasteiger partial charge < -0.3 is 4.42 Å². The van der Waals surface area contributed by atoms with Gasteiger partial charge in [-0.1, -0.05) is 19.1 Å². The molecule has 1 aliphatic rings. The van der Waals surface area contributed by atoms with Gasteiger partial charge in [0, 0.05) is 12.0 Å². The molecule has 0 radical (unpaired) electrons. The maximum absolute atomic E-state index is 10.9. The largest absolute Gasteiger partial charge is 0.460 e. The van der Waals surface area contributed by atoms with Crippen molar-refractivity contribution in [3.05, 3.63) is 58.0 Å². The van der Waals surface area contributed by atoms with Crippen LogP contribution < -0.4 is 5.43 Å². The lowest BCUT2D eigenvalue weighted by Crippen LogP contribution is -1.96. The van der Waals surface area contributed by atoms with Crippen LogP contribution in [0.15, 0.2) is 45.9 Å². The quantitative estimate of drug-likeness (QED) is 0.515. The molecule has 21 heavy (non-hydrogen) atoms.